The summed E-state index contributed by atoms with van der Waals surface area (Å²) < 4.78 is 42.5. The van der Waals surface area contributed by atoms with Gasteiger partial charge in [-0.1, -0.05) is 26.0 Å². The molecule has 0 spiro atoms. The Balaban J connectivity index is 1.65. The number of fused-ring (bicyclic) bond motifs is 3. The highest BCUT2D eigenvalue weighted by Gasteiger charge is 2.39. The standard InChI is InChI=1S/C27H31F3N4/c1-16(2)25-21-12-18(17-8-10-31-11-9-17)6-7-23(21)34-26(25)19-4-3-5-20-14-24(33-15-32-20)22(13-19)27(28,29)30/h4,6-7,12-13,15-17,20,31,34H,3,5,8-11,14H2,1-2H3/b19-4+,22-13?. The Kier molecular flexibility index (Phi) is 6.23. The predicted molar refractivity (Wildman–Crippen MR) is 133 cm³/mol. The Hall–Kier alpha value is -2.67. The molecule has 1 aromatic heterocycles. The number of nitrogens with one attached hydrogen (secondary N) is 2. The van der Waals surface area contributed by atoms with Gasteiger partial charge in [-0.05, 0) is 85.5 Å². The summed E-state index contributed by atoms with van der Waals surface area (Å²) >= 11 is 0. The Morgan fingerprint density at radius 1 is 1.09 bits per heavy atom. The van der Waals surface area contributed by atoms with E-state index in [-0.39, 0.29) is 24.1 Å². The molecule has 2 aliphatic heterocycles. The highest BCUT2D eigenvalue weighted by atomic mass is 19.4. The molecule has 3 heterocycles. The number of alkyl halides is 3. The van der Waals surface area contributed by atoms with Crippen LogP contribution in [0.2, 0.25) is 0 Å². The van der Waals surface area contributed by atoms with Crippen molar-refractivity contribution in [2.45, 2.75) is 70.0 Å². The highest BCUT2D eigenvalue weighted by molar-refractivity contribution is 6.08. The normalized spacial score (nSPS) is 23.7. The van der Waals surface area contributed by atoms with E-state index in [9.17, 15) is 13.2 Å². The smallest absolute Gasteiger partial charge is 0.354 e. The van der Waals surface area contributed by atoms with Crippen LogP contribution in [-0.2, 0) is 0 Å². The molecule has 1 aromatic carbocycles. The molecule has 7 heteroatoms. The average Bonchev–Trinajstić information content (AvgIpc) is 3.21. The maximum atomic E-state index is 14.2. The number of H-pyrrole nitrogens is 1. The number of aromatic amines is 1. The van der Waals surface area contributed by atoms with Crippen LogP contribution in [0.25, 0.3) is 16.5 Å². The van der Waals surface area contributed by atoms with E-state index in [2.05, 4.69) is 52.3 Å². The first-order valence-corrected chi connectivity index (χ1v) is 12.3. The number of piperidine rings is 1. The van der Waals surface area contributed by atoms with Crippen LogP contribution in [-0.4, -0.2) is 42.3 Å². The summed E-state index contributed by atoms with van der Waals surface area (Å²) in [5.41, 5.74) is 4.15. The maximum Gasteiger partial charge on any atom is 0.418 e. The molecule has 34 heavy (non-hydrogen) atoms. The van der Waals surface area contributed by atoms with Gasteiger partial charge < -0.3 is 10.3 Å². The van der Waals surface area contributed by atoms with Crippen molar-refractivity contribution in [2.75, 3.05) is 13.1 Å². The minimum atomic E-state index is -4.48. The monoisotopic (exact) mass is 468 g/mol. The molecule has 4 nitrogen and oxygen atoms in total. The third-order valence-electron chi connectivity index (χ3n) is 7.24. The molecule has 1 atom stereocenters. The lowest BCUT2D eigenvalue weighted by atomic mass is 9.88. The lowest BCUT2D eigenvalue weighted by Crippen LogP contribution is -2.26. The van der Waals surface area contributed by atoms with Gasteiger partial charge in [0.25, 0.3) is 0 Å². The molecule has 5 rings (SSSR count). The zero-order valence-corrected chi connectivity index (χ0v) is 19.7. The molecule has 1 unspecified atom stereocenters. The number of aromatic nitrogens is 1. The summed E-state index contributed by atoms with van der Waals surface area (Å²) in [5, 5.41) is 4.53. The van der Waals surface area contributed by atoms with E-state index in [1.54, 1.807) is 0 Å². The molecular formula is C27H31F3N4. The predicted octanol–water partition coefficient (Wildman–Crippen LogP) is 6.67. The quantitative estimate of drug-likeness (QED) is 0.520. The molecule has 0 amide bonds. The van der Waals surface area contributed by atoms with Gasteiger partial charge in [0.1, 0.15) is 6.34 Å². The average molecular weight is 469 g/mol. The lowest BCUT2D eigenvalue weighted by molar-refractivity contribution is -0.0861. The SMILES string of the molecule is CC(C)c1c(/C2=C/CCC3CC(=NC=N3)C(C(F)(F)F)=C2)[nH]c2ccc(C3CCNCC3)cc12. The minimum absolute atomic E-state index is 0.0794. The van der Waals surface area contributed by atoms with Crippen LogP contribution in [0.15, 0.2) is 45.9 Å². The van der Waals surface area contributed by atoms with Crippen LogP contribution in [0.4, 0.5) is 13.2 Å². The first kappa shape index (κ1) is 23.1. The van der Waals surface area contributed by atoms with Crippen molar-refractivity contribution in [3.63, 3.8) is 0 Å². The molecule has 0 radical (unpaired) electrons. The van der Waals surface area contributed by atoms with Crippen molar-refractivity contribution in [3.05, 3.63) is 52.7 Å². The zero-order chi connectivity index (χ0) is 23.9. The van der Waals surface area contributed by atoms with Gasteiger partial charge in [-0.25, -0.2) is 4.99 Å². The fourth-order valence-electron chi connectivity index (χ4n) is 5.50. The van der Waals surface area contributed by atoms with Crippen LogP contribution in [0.3, 0.4) is 0 Å². The van der Waals surface area contributed by atoms with Crippen molar-refractivity contribution >= 4 is 28.5 Å². The number of hydrogen-bond acceptors (Lipinski definition) is 3. The van der Waals surface area contributed by atoms with Crippen LogP contribution in [0.5, 0.6) is 0 Å². The summed E-state index contributed by atoms with van der Waals surface area (Å²) in [6, 6.07) is 6.37. The van der Waals surface area contributed by atoms with Crippen molar-refractivity contribution in [3.8, 4) is 0 Å². The Labute approximate surface area is 198 Å². The van der Waals surface area contributed by atoms with E-state index in [4.69, 9.17) is 0 Å². The van der Waals surface area contributed by atoms with Crippen molar-refractivity contribution < 1.29 is 13.2 Å². The molecular weight excluding hydrogens is 437 g/mol. The number of hydrogen-bond donors (Lipinski definition) is 2. The second kappa shape index (κ2) is 9.17. The third-order valence-corrected chi connectivity index (χ3v) is 7.24. The summed E-state index contributed by atoms with van der Waals surface area (Å²) in [5.74, 6) is 0.672. The number of allylic oxidation sites excluding steroid dienone is 4. The molecule has 1 saturated heterocycles. The molecule has 2 bridgehead atoms. The number of halogens is 3. The van der Waals surface area contributed by atoms with E-state index >= 15 is 0 Å². The van der Waals surface area contributed by atoms with Crippen LogP contribution in [0.1, 0.15) is 74.6 Å². The first-order valence-electron chi connectivity index (χ1n) is 12.3. The van der Waals surface area contributed by atoms with E-state index in [1.807, 2.05) is 6.08 Å². The molecule has 180 valence electrons. The van der Waals surface area contributed by atoms with Gasteiger partial charge in [0.15, 0.2) is 0 Å². The minimum Gasteiger partial charge on any atom is -0.354 e. The Bertz CT molecular complexity index is 1190. The summed E-state index contributed by atoms with van der Waals surface area (Å²) in [6.07, 6.45) is 3.85. The second-order valence-corrected chi connectivity index (χ2v) is 9.89. The lowest BCUT2D eigenvalue weighted by Gasteiger charge is -2.23. The fourth-order valence-corrected chi connectivity index (χ4v) is 5.50. The number of benzene rings is 1. The molecule has 0 saturated carbocycles. The second-order valence-electron chi connectivity index (χ2n) is 9.89. The van der Waals surface area contributed by atoms with Crippen LogP contribution >= 0.6 is 0 Å². The van der Waals surface area contributed by atoms with Gasteiger partial charge in [-0.3, -0.25) is 4.99 Å². The molecule has 1 aliphatic carbocycles. The van der Waals surface area contributed by atoms with E-state index < -0.39 is 11.7 Å². The van der Waals surface area contributed by atoms with Crippen LogP contribution < -0.4 is 5.32 Å². The molecule has 1 fully saturated rings. The largest absolute Gasteiger partial charge is 0.418 e. The maximum absolute atomic E-state index is 14.2. The van der Waals surface area contributed by atoms with Crippen molar-refractivity contribution in [1.82, 2.24) is 10.3 Å². The Morgan fingerprint density at radius 2 is 1.88 bits per heavy atom. The number of rotatable bonds is 3. The van der Waals surface area contributed by atoms with Gasteiger partial charge >= 0.3 is 6.18 Å². The fraction of sp³-hybridized carbons (Fsp3) is 0.481. The molecule has 2 N–H and O–H groups in total. The first-order chi connectivity index (χ1) is 16.3. The molecule has 3 aliphatic rings. The van der Waals surface area contributed by atoms with Gasteiger partial charge in [0, 0.05) is 23.0 Å². The zero-order valence-electron chi connectivity index (χ0n) is 19.7. The van der Waals surface area contributed by atoms with E-state index in [0.29, 0.717) is 24.3 Å². The number of aliphatic imine (C=N–C) groups is 2. The van der Waals surface area contributed by atoms with Gasteiger partial charge in [-0.15, -0.1) is 0 Å². The summed E-state index contributed by atoms with van der Waals surface area (Å²) in [7, 11) is 0. The van der Waals surface area contributed by atoms with Gasteiger partial charge in [0.2, 0.25) is 0 Å². The third kappa shape index (κ3) is 4.50. The van der Waals surface area contributed by atoms with Crippen LogP contribution in [0, 0.1) is 0 Å². The topological polar surface area (TPSA) is 52.5 Å². The Morgan fingerprint density at radius 3 is 2.62 bits per heavy atom. The van der Waals surface area contributed by atoms with E-state index in [1.165, 1.54) is 18.0 Å². The van der Waals surface area contributed by atoms with E-state index in [0.717, 1.165) is 48.1 Å². The van der Waals surface area contributed by atoms with Gasteiger partial charge in [-0.2, -0.15) is 13.2 Å². The highest BCUT2D eigenvalue weighted by Crippen LogP contribution is 2.39. The van der Waals surface area contributed by atoms with Crippen molar-refractivity contribution in [1.29, 1.82) is 0 Å². The number of nitrogens with zero attached hydrogens (tertiary/aromatic N) is 2. The summed E-state index contributed by atoms with van der Waals surface area (Å²) in [6.45, 7) is 6.26. The van der Waals surface area contributed by atoms with Crippen molar-refractivity contribution in [2.24, 2.45) is 9.98 Å². The summed E-state index contributed by atoms with van der Waals surface area (Å²) in [4.78, 5) is 11.8. The molecule has 2 aromatic rings. The van der Waals surface area contributed by atoms with Gasteiger partial charge in [0.05, 0.1) is 17.3 Å².